The van der Waals surface area contributed by atoms with Crippen LogP contribution in [0.1, 0.15) is 37.8 Å². The van der Waals surface area contributed by atoms with E-state index in [0.717, 1.165) is 12.0 Å². The largest absolute Gasteiger partial charge is 0.497 e. The molecule has 0 saturated heterocycles. The maximum Gasteiger partial charge on any atom is 0.242 e. The van der Waals surface area contributed by atoms with E-state index < -0.39 is 11.9 Å². The zero-order valence-corrected chi connectivity index (χ0v) is 18.3. The Balaban J connectivity index is 2.32. The Bertz CT molecular complexity index is 838. The van der Waals surface area contributed by atoms with Crippen LogP contribution in [0.2, 0.25) is 5.02 Å². The zero-order valence-electron chi connectivity index (χ0n) is 17.6. The van der Waals surface area contributed by atoms with Crippen molar-refractivity contribution in [2.24, 2.45) is 0 Å². The smallest absolute Gasteiger partial charge is 0.242 e. The van der Waals surface area contributed by atoms with Crippen molar-refractivity contribution in [1.29, 1.82) is 0 Å². The van der Waals surface area contributed by atoms with Crippen molar-refractivity contribution in [1.82, 2.24) is 10.2 Å². The van der Waals surface area contributed by atoms with Gasteiger partial charge >= 0.3 is 0 Å². The summed E-state index contributed by atoms with van der Waals surface area (Å²) in [5.41, 5.74) is 0.971. The highest BCUT2D eigenvalue weighted by Gasteiger charge is 2.29. The van der Waals surface area contributed by atoms with Crippen LogP contribution < -0.4 is 10.1 Å². The molecule has 1 N–H and O–H groups in total. The van der Waals surface area contributed by atoms with Gasteiger partial charge in [-0.05, 0) is 42.7 Å². The van der Waals surface area contributed by atoms with Gasteiger partial charge in [0.15, 0.2) is 0 Å². The van der Waals surface area contributed by atoms with Crippen molar-refractivity contribution >= 4 is 23.4 Å². The first-order chi connectivity index (χ1) is 14.4. The molecule has 0 heterocycles. The third-order valence-electron chi connectivity index (χ3n) is 4.84. The molecule has 0 bridgehead atoms. The molecule has 0 aliphatic rings. The predicted molar refractivity (Wildman–Crippen MR) is 116 cm³/mol. The number of amides is 2. The Kier molecular flexibility index (Phi) is 9.12. The van der Waals surface area contributed by atoms with Gasteiger partial charge in [-0.2, -0.15) is 0 Å². The highest BCUT2D eigenvalue weighted by atomic mass is 35.5. The summed E-state index contributed by atoms with van der Waals surface area (Å²) < 4.78 is 19.4. The molecule has 0 saturated carbocycles. The zero-order chi connectivity index (χ0) is 22.1. The SMILES string of the molecule is CCCNC(=O)[C@H](CC)N(Cc1ccc(OC)cc1)C(=O)Cc1c(F)cccc1Cl. The maximum atomic E-state index is 14.2. The summed E-state index contributed by atoms with van der Waals surface area (Å²) in [5.74, 6) is -0.427. The van der Waals surface area contributed by atoms with E-state index in [9.17, 15) is 14.0 Å². The van der Waals surface area contributed by atoms with E-state index in [1.807, 2.05) is 26.0 Å². The molecule has 0 unspecified atom stereocenters. The maximum absolute atomic E-state index is 14.2. The molecule has 162 valence electrons. The summed E-state index contributed by atoms with van der Waals surface area (Å²) in [4.78, 5) is 27.4. The molecule has 2 aromatic carbocycles. The Morgan fingerprint density at radius 2 is 1.87 bits per heavy atom. The number of methoxy groups -OCH3 is 1. The molecule has 2 aromatic rings. The molecule has 2 amide bonds. The van der Waals surface area contributed by atoms with Crippen LogP contribution >= 0.6 is 11.6 Å². The molecule has 0 spiro atoms. The number of benzene rings is 2. The van der Waals surface area contributed by atoms with E-state index in [1.54, 1.807) is 25.3 Å². The van der Waals surface area contributed by atoms with Crippen molar-refractivity contribution in [2.45, 2.75) is 45.7 Å². The lowest BCUT2D eigenvalue weighted by molar-refractivity contribution is -0.141. The van der Waals surface area contributed by atoms with Crippen LogP contribution in [0.4, 0.5) is 4.39 Å². The first-order valence-corrected chi connectivity index (χ1v) is 10.4. The predicted octanol–water partition coefficient (Wildman–Crippen LogP) is 4.36. The summed E-state index contributed by atoms with van der Waals surface area (Å²) in [6.45, 7) is 4.55. The monoisotopic (exact) mass is 434 g/mol. The molecule has 0 aromatic heterocycles. The van der Waals surface area contributed by atoms with Crippen LogP contribution in [0, 0.1) is 5.82 Å². The van der Waals surface area contributed by atoms with Gasteiger partial charge in [-0.15, -0.1) is 0 Å². The van der Waals surface area contributed by atoms with Crippen LogP contribution in [0.15, 0.2) is 42.5 Å². The normalized spacial score (nSPS) is 11.6. The lowest BCUT2D eigenvalue weighted by Gasteiger charge is -2.31. The lowest BCUT2D eigenvalue weighted by atomic mass is 10.1. The van der Waals surface area contributed by atoms with E-state index >= 15 is 0 Å². The fraction of sp³-hybridized carbons (Fsp3) is 0.391. The summed E-state index contributed by atoms with van der Waals surface area (Å²) in [5, 5.41) is 3.05. The van der Waals surface area contributed by atoms with Gasteiger partial charge in [-0.25, -0.2) is 4.39 Å². The number of rotatable bonds is 10. The fourth-order valence-corrected chi connectivity index (χ4v) is 3.40. The highest BCUT2D eigenvalue weighted by Crippen LogP contribution is 2.22. The second kappa shape index (κ2) is 11.6. The Morgan fingerprint density at radius 3 is 2.43 bits per heavy atom. The second-order valence-electron chi connectivity index (χ2n) is 6.96. The van der Waals surface area contributed by atoms with Gasteiger partial charge in [0.1, 0.15) is 17.6 Å². The van der Waals surface area contributed by atoms with Crippen molar-refractivity contribution in [2.75, 3.05) is 13.7 Å². The van der Waals surface area contributed by atoms with Gasteiger partial charge in [-0.3, -0.25) is 9.59 Å². The molecular weight excluding hydrogens is 407 g/mol. The van der Waals surface area contributed by atoms with Crippen molar-refractivity contribution < 1.29 is 18.7 Å². The van der Waals surface area contributed by atoms with Gasteiger partial charge < -0.3 is 15.0 Å². The number of carbonyl (C=O) groups is 2. The van der Waals surface area contributed by atoms with Crippen molar-refractivity contribution in [3.05, 3.63) is 64.4 Å². The number of halogens is 2. The van der Waals surface area contributed by atoms with E-state index in [0.29, 0.717) is 18.7 Å². The molecule has 2 rings (SSSR count). The number of carbonyl (C=O) groups excluding carboxylic acids is 2. The lowest BCUT2D eigenvalue weighted by Crippen LogP contribution is -2.49. The van der Waals surface area contributed by atoms with E-state index in [4.69, 9.17) is 16.3 Å². The third kappa shape index (κ3) is 6.20. The van der Waals surface area contributed by atoms with E-state index in [-0.39, 0.29) is 35.4 Å². The van der Waals surface area contributed by atoms with Crippen LogP contribution in [-0.4, -0.2) is 36.4 Å². The molecule has 5 nitrogen and oxygen atoms in total. The number of nitrogens with one attached hydrogen (secondary N) is 1. The average molecular weight is 435 g/mol. The molecule has 30 heavy (non-hydrogen) atoms. The molecule has 0 radical (unpaired) electrons. The standard InChI is InChI=1S/C23H28ClFN2O3/c1-4-13-26-23(29)21(5-2)27(15-16-9-11-17(30-3)12-10-16)22(28)14-18-19(24)7-6-8-20(18)25/h6-12,21H,4-5,13-15H2,1-3H3,(H,26,29)/t21-/m0/s1. The Morgan fingerprint density at radius 1 is 1.17 bits per heavy atom. The number of hydrogen-bond donors (Lipinski definition) is 1. The minimum atomic E-state index is -0.670. The van der Waals surface area contributed by atoms with Gasteiger partial charge in [-0.1, -0.05) is 43.6 Å². The molecule has 7 heteroatoms. The van der Waals surface area contributed by atoms with Crippen LogP contribution in [0.25, 0.3) is 0 Å². The van der Waals surface area contributed by atoms with E-state index in [2.05, 4.69) is 5.32 Å². The van der Waals surface area contributed by atoms with Crippen LogP contribution in [0.5, 0.6) is 5.75 Å². The minimum Gasteiger partial charge on any atom is -0.497 e. The molecular formula is C23H28ClFN2O3. The molecule has 0 aliphatic carbocycles. The highest BCUT2D eigenvalue weighted by molar-refractivity contribution is 6.31. The van der Waals surface area contributed by atoms with E-state index in [1.165, 1.54) is 17.0 Å². The summed E-state index contributed by atoms with van der Waals surface area (Å²) in [7, 11) is 1.58. The van der Waals surface area contributed by atoms with Crippen molar-refractivity contribution in [3.63, 3.8) is 0 Å². The Labute approximate surface area is 182 Å². The number of nitrogens with zero attached hydrogens (tertiary/aromatic N) is 1. The second-order valence-corrected chi connectivity index (χ2v) is 7.37. The summed E-state index contributed by atoms with van der Waals surface area (Å²) >= 11 is 6.11. The van der Waals surface area contributed by atoms with Crippen LogP contribution in [0.3, 0.4) is 0 Å². The van der Waals surface area contributed by atoms with Gasteiger partial charge in [0, 0.05) is 23.7 Å². The number of hydrogen-bond acceptors (Lipinski definition) is 3. The van der Waals surface area contributed by atoms with Crippen molar-refractivity contribution in [3.8, 4) is 5.75 Å². The quantitative estimate of drug-likeness (QED) is 0.604. The summed E-state index contributed by atoms with van der Waals surface area (Å²) in [6, 6.07) is 10.9. The number of ether oxygens (including phenoxy) is 1. The molecule has 0 aliphatic heterocycles. The molecule has 1 atom stereocenters. The van der Waals surface area contributed by atoms with Gasteiger partial charge in [0.2, 0.25) is 11.8 Å². The fourth-order valence-electron chi connectivity index (χ4n) is 3.17. The minimum absolute atomic E-state index is 0.132. The third-order valence-corrected chi connectivity index (χ3v) is 5.19. The molecule has 0 fully saturated rings. The topological polar surface area (TPSA) is 58.6 Å². The first-order valence-electron chi connectivity index (χ1n) is 10.0. The van der Waals surface area contributed by atoms with Gasteiger partial charge in [0.25, 0.3) is 0 Å². The Hall–Kier alpha value is -2.60. The van der Waals surface area contributed by atoms with Gasteiger partial charge in [0.05, 0.1) is 13.5 Å². The average Bonchev–Trinajstić information content (AvgIpc) is 2.75. The summed E-state index contributed by atoms with van der Waals surface area (Å²) in [6.07, 6.45) is 1.00. The first kappa shape index (κ1) is 23.7. The van der Waals surface area contributed by atoms with Crippen LogP contribution in [-0.2, 0) is 22.6 Å².